The van der Waals surface area contributed by atoms with Crippen LogP contribution in [0.25, 0.3) is 5.69 Å². The molecule has 3 heterocycles. The monoisotopic (exact) mass is 557 g/mol. The number of benzene rings is 2. The van der Waals surface area contributed by atoms with Gasteiger partial charge in [-0.3, -0.25) is 5.32 Å². The number of hydrogen-bond donors (Lipinski definition) is 2. The Morgan fingerprint density at radius 2 is 1.80 bits per heavy atom. The molecule has 11 heteroatoms. The Morgan fingerprint density at radius 1 is 1.05 bits per heavy atom. The zero-order valence-corrected chi connectivity index (χ0v) is 23.8. The Balaban J connectivity index is 1.28. The van der Waals surface area contributed by atoms with Crippen LogP contribution in [0.1, 0.15) is 32.0 Å². The van der Waals surface area contributed by atoms with Gasteiger partial charge in [-0.1, -0.05) is 39.0 Å². The molecule has 2 aromatic carbocycles. The summed E-state index contributed by atoms with van der Waals surface area (Å²) in [6.45, 7) is 9.22. The van der Waals surface area contributed by atoms with E-state index in [0.717, 1.165) is 35.8 Å². The summed E-state index contributed by atoms with van der Waals surface area (Å²) in [7, 11) is 1.62. The number of nitrogens with zero attached hydrogens (tertiary/aromatic N) is 5. The van der Waals surface area contributed by atoms with Crippen LogP contribution in [0, 0.1) is 0 Å². The maximum Gasteiger partial charge on any atom is 0.320 e. The van der Waals surface area contributed by atoms with Gasteiger partial charge in [-0.05, 0) is 30.3 Å². The number of morpholine rings is 1. The molecule has 4 aromatic rings. The fraction of sp³-hybridized carbons (Fsp3) is 0.333. The van der Waals surface area contributed by atoms with Gasteiger partial charge in [0.2, 0.25) is 11.8 Å². The molecule has 2 N–H and O–H groups in total. The summed E-state index contributed by atoms with van der Waals surface area (Å²) in [5.74, 6) is 2.92. The van der Waals surface area contributed by atoms with Gasteiger partial charge in [-0.25, -0.2) is 14.5 Å². The molecule has 214 valence electrons. The number of anilines is 2. The van der Waals surface area contributed by atoms with Gasteiger partial charge in [0.1, 0.15) is 17.3 Å². The minimum absolute atomic E-state index is 0.205. The number of rotatable bonds is 8. The molecule has 1 fully saturated rings. The van der Waals surface area contributed by atoms with Crippen molar-refractivity contribution >= 4 is 17.8 Å². The van der Waals surface area contributed by atoms with E-state index in [1.165, 1.54) is 0 Å². The molecule has 0 spiro atoms. The molecule has 11 nitrogen and oxygen atoms in total. The van der Waals surface area contributed by atoms with Gasteiger partial charge < -0.3 is 24.4 Å². The fourth-order valence-corrected chi connectivity index (χ4v) is 4.26. The van der Waals surface area contributed by atoms with Crippen LogP contribution in [0.2, 0.25) is 0 Å². The molecule has 1 aliphatic heterocycles. The second-order valence-electron chi connectivity index (χ2n) is 10.6. The highest BCUT2D eigenvalue weighted by Gasteiger charge is 2.22. The van der Waals surface area contributed by atoms with Crippen molar-refractivity contribution in [1.82, 2.24) is 25.1 Å². The average Bonchev–Trinajstić information content (AvgIpc) is 3.42. The lowest BCUT2D eigenvalue weighted by molar-refractivity contribution is 0.122. The molecule has 0 atom stereocenters. The predicted octanol–water partition coefficient (Wildman–Crippen LogP) is 4.92. The summed E-state index contributed by atoms with van der Waals surface area (Å²) in [6, 6.07) is 18.3. The highest BCUT2D eigenvalue weighted by atomic mass is 16.5. The SMILES string of the molecule is COc1ccc(-n2nc(C(C)(C)C)cc2NC(=O)NCc2ccccc2Oc2ccnc(N3CCOCC3)n2)cc1. The van der Waals surface area contributed by atoms with E-state index in [4.69, 9.17) is 19.3 Å². The normalized spacial score (nSPS) is 13.5. The van der Waals surface area contributed by atoms with Crippen LogP contribution in [-0.2, 0) is 16.7 Å². The van der Waals surface area contributed by atoms with Crippen molar-refractivity contribution in [2.24, 2.45) is 0 Å². The van der Waals surface area contributed by atoms with Crippen molar-refractivity contribution in [2.75, 3.05) is 43.6 Å². The summed E-state index contributed by atoms with van der Waals surface area (Å²) >= 11 is 0. The number of nitrogens with one attached hydrogen (secondary N) is 2. The number of amides is 2. The summed E-state index contributed by atoms with van der Waals surface area (Å²) in [5.41, 5.74) is 2.25. The summed E-state index contributed by atoms with van der Waals surface area (Å²) in [6.07, 6.45) is 1.68. The van der Waals surface area contributed by atoms with Crippen molar-refractivity contribution in [3.8, 4) is 23.1 Å². The van der Waals surface area contributed by atoms with Crippen molar-refractivity contribution in [2.45, 2.75) is 32.7 Å². The second-order valence-corrected chi connectivity index (χ2v) is 10.6. The molecule has 2 amide bonds. The summed E-state index contributed by atoms with van der Waals surface area (Å²) in [5, 5.41) is 10.7. The highest BCUT2D eigenvalue weighted by molar-refractivity contribution is 5.88. The third kappa shape index (κ3) is 6.93. The van der Waals surface area contributed by atoms with E-state index in [1.54, 1.807) is 24.1 Å². The number of urea groups is 1. The van der Waals surface area contributed by atoms with Crippen LogP contribution in [0.4, 0.5) is 16.6 Å². The molecule has 0 radical (unpaired) electrons. The topological polar surface area (TPSA) is 116 Å². The zero-order valence-electron chi connectivity index (χ0n) is 23.8. The third-order valence-electron chi connectivity index (χ3n) is 6.57. The van der Waals surface area contributed by atoms with E-state index in [-0.39, 0.29) is 18.0 Å². The first kappa shape index (κ1) is 27.9. The molecule has 0 bridgehead atoms. The van der Waals surface area contributed by atoms with Crippen LogP contribution in [0.15, 0.2) is 66.9 Å². The van der Waals surface area contributed by atoms with Crippen molar-refractivity contribution in [3.63, 3.8) is 0 Å². The minimum atomic E-state index is -0.369. The average molecular weight is 558 g/mol. The first-order chi connectivity index (χ1) is 19.8. The Hall–Kier alpha value is -4.64. The zero-order chi connectivity index (χ0) is 28.8. The van der Waals surface area contributed by atoms with Crippen LogP contribution in [-0.4, -0.2) is 59.2 Å². The Morgan fingerprint density at radius 3 is 2.54 bits per heavy atom. The van der Waals surface area contributed by atoms with E-state index < -0.39 is 0 Å². The molecule has 0 unspecified atom stereocenters. The smallest absolute Gasteiger partial charge is 0.320 e. The van der Waals surface area contributed by atoms with Crippen molar-refractivity contribution in [3.05, 3.63) is 78.1 Å². The van der Waals surface area contributed by atoms with Gasteiger partial charge in [-0.2, -0.15) is 10.1 Å². The molecule has 2 aromatic heterocycles. The van der Waals surface area contributed by atoms with Gasteiger partial charge >= 0.3 is 6.03 Å². The molecular weight excluding hydrogens is 522 g/mol. The second kappa shape index (κ2) is 12.3. The quantitative estimate of drug-likeness (QED) is 0.314. The van der Waals surface area contributed by atoms with Crippen LogP contribution < -0.4 is 25.0 Å². The number of carbonyl (C=O) groups excluding carboxylic acids is 1. The van der Waals surface area contributed by atoms with Gasteiger partial charge in [-0.15, -0.1) is 0 Å². The first-order valence-electron chi connectivity index (χ1n) is 13.5. The van der Waals surface area contributed by atoms with Crippen molar-refractivity contribution < 1.29 is 19.0 Å². The lowest BCUT2D eigenvalue weighted by Gasteiger charge is -2.26. The maximum atomic E-state index is 13.1. The van der Waals surface area contributed by atoms with E-state index in [0.29, 0.717) is 36.6 Å². The Bertz CT molecular complexity index is 1470. The van der Waals surface area contributed by atoms with Crippen molar-refractivity contribution in [1.29, 1.82) is 0 Å². The molecular formula is C30H35N7O4. The van der Waals surface area contributed by atoms with E-state index in [1.807, 2.05) is 54.6 Å². The molecule has 1 aliphatic rings. The molecule has 0 aliphatic carbocycles. The molecule has 1 saturated heterocycles. The van der Waals surface area contributed by atoms with Gasteiger partial charge in [0, 0.05) is 48.9 Å². The lowest BCUT2D eigenvalue weighted by atomic mass is 9.92. The number of aromatic nitrogens is 4. The first-order valence-corrected chi connectivity index (χ1v) is 13.5. The fourth-order valence-electron chi connectivity index (χ4n) is 4.26. The third-order valence-corrected chi connectivity index (χ3v) is 6.57. The number of carbonyl (C=O) groups is 1. The van der Waals surface area contributed by atoms with E-state index >= 15 is 0 Å². The van der Waals surface area contributed by atoms with Crippen LogP contribution in [0.5, 0.6) is 17.4 Å². The predicted molar refractivity (Wildman–Crippen MR) is 156 cm³/mol. The lowest BCUT2D eigenvalue weighted by Crippen LogP contribution is -2.37. The highest BCUT2D eigenvalue weighted by Crippen LogP contribution is 2.28. The summed E-state index contributed by atoms with van der Waals surface area (Å²) in [4.78, 5) is 24.1. The van der Waals surface area contributed by atoms with E-state index in [9.17, 15) is 4.79 Å². The number of para-hydroxylation sites is 1. The Labute approximate surface area is 239 Å². The van der Waals surface area contributed by atoms with Crippen LogP contribution in [0.3, 0.4) is 0 Å². The minimum Gasteiger partial charge on any atom is -0.497 e. The Kier molecular flexibility index (Phi) is 8.34. The molecule has 0 saturated carbocycles. The van der Waals surface area contributed by atoms with Crippen LogP contribution >= 0.6 is 0 Å². The largest absolute Gasteiger partial charge is 0.497 e. The van der Waals surface area contributed by atoms with Gasteiger partial charge in [0.15, 0.2) is 0 Å². The van der Waals surface area contributed by atoms with Gasteiger partial charge in [0.05, 0.1) is 31.7 Å². The summed E-state index contributed by atoms with van der Waals surface area (Å²) < 4.78 is 18.5. The number of hydrogen-bond acceptors (Lipinski definition) is 8. The van der Waals surface area contributed by atoms with E-state index in [2.05, 4.69) is 46.3 Å². The molecule has 41 heavy (non-hydrogen) atoms. The standard InChI is InChI=1S/C30H35N7O4/c1-30(2,3)25-19-26(37(35-25)22-9-11-23(39-4)12-10-22)33-29(38)32-20-21-7-5-6-8-24(21)41-27-13-14-31-28(34-27)36-15-17-40-18-16-36/h5-14,19H,15-18,20H2,1-4H3,(H2,32,33,38). The van der Waals surface area contributed by atoms with Gasteiger partial charge in [0.25, 0.3) is 0 Å². The molecule has 5 rings (SSSR count). The maximum absolute atomic E-state index is 13.1. The number of ether oxygens (including phenoxy) is 3. The number of methoxy groups -OCH3 is 1.